The molecular formula is C29H35N3O7. The Bertz CT molecular complexity index is 1180. The molecule has 0 saturated carbocycles. The van der Waals surface area contributed by atoms with Crippen LogP contribution in [0.5, 0.6) is 17.2 Å². The van der Waals surface area contributed by atoms with Crippen molar-refractivity contribution >= 4 is 17.7 Å². The Kier molecular flexibility index (Phi) is 8.51. The minimum absolute atomic E-state index is 0.0621. The van der Waals surface area contributed by atoms with Crippen molar-refractivity contribution in [1.82, 2.24) is 15.5 Å². The molecule has 4 bridgehead atoms. The fraction of sp³-hybridized carbons (Fsp3) is 0.483. The Balaban J connectivity index is 1.35. The molecule has 0 aliphatic carbocycles. The number of aryl methyl sites for hydroxylation is 1. The van der Waals surface area contributed by atoms with Crippen LogP contribution in [0.1, 0.15) is 30.4 Å². The summed E-state index contributed by atoms with van der Waals surface area (Å²) in [6, 6.07) is 12.5. The number of methoxy groups -OCH3 is 1. The van der Waals surface area contributed by atoms with Crippen LogP contribution in [0.3, 0.4) is 0 Å². The van der Waals surface area contributed by atoms with E-state index in [9.17, 15) is 14.4 Å². The summed E-state index contributed by atoms with van der Waals surface area (Å²) in [6.45, 7) is 2.18. The fourth-order valence-corrected chi connectivity index (χ4v) is 5.19. The van der Waals surface area contributed by atoms with Gasteiger partial charge < -0.3 is 34.5 Å². The van der Waals surface area contributed by atoms with Crippen molar-refractivity contribution in [1.29, 1.82) is 0 Å². The van der Waals surface area contributed by atoms with Crippen molar-refractivity contribution in [3.63, 3.8) is 0 Å². The molecule has 0 radical (unpaired) electrons. The number of likely N-dealkylation sites (tertiary alicyclic amines) is 1. The van der Waals surface area contributed by atoms with Crippen LogP contribution in [0.25, 0.3) is 0 Å². The second kappa shape index (κ2) is 12.4. The predicted molar refractivity (Wildman–Crippen MR) is 142 cm³/mol. The lowest BCUT2D eigenvalue weighted by molar-refractivity contribution is -0.138. The number of hydrogen-bond donors (Lipinski definition) is 2. The summed E-state index contributed by atoms with van der Waals surface area (Å²) >= 11 is 0. The van der Waals surface area contributed by atoms with Gasteiger partial charge in [0.15, 0.2) is 18.1 Å². The average Bonchev–Trinajstić information content (AvgIpc) is 3.35. The first-order valence-electron chi connectivity index (χ1n) is 13.5. The van der Waals surface area contributed by atoms with Crippen LogP contribution in [0, 0.1) is 5.92 Å². The first kappa shape index (κ1) is 26.8. The van der Waals surface area contributed by atoms with Crippen molar-refractivity contribution in [3.05, 3.63) is 53.6 Å². The highest BCUT2D eigenvalue weighted by Crippen LogP contribution is 2.29. The third-order valence-electron chi connectivity index (χ3n) is 7.42. The van der Waals surface area contributed by atoms with Gasteiger partial charge in [-0.1, -0.05) is 18.2 Å². The van der Waals surface area contributed by atoms with E-state index in [1.165, 1.54) is 7.11 Å². The number of hydrogen-bond acceptors (Lipinski definition) is 7. The normalized spacial score (nSPS) is 22.7. The van der Waals surface area contributed by atoms with E-state index in [0.29, 0.717) is 69.4 Å². The van der Waals surface area contributed by atoms with E-state index in [0.717, 1.165) is 11.1 Å². The zero-order chi connectivity index (χ0) is 27.2. The maximum absolute atomic E-state index is 13.3. The van der Waals surface area contributed by atoms with Gasteiger partial charge >= 0.3 is 0 Å². The number of nitrogens with one attached hydrogen (secondary N) is 2. The number of benzene rings is 2. The lowest BCUT2D eigenvalue weighted by Gasteiger charge is -2.26. The lowest BCUT2D eigenvalue weighted by Crippen LogP contribution is -2.45. The predicted octanol–water partition coefficient (Wildman–Crippen LogP) is 1.84. The van der Waals surface area contributed by atoms with Gasteiger partial charge in [0.1, 0.15) is 11.9 Å². The molecule has 6 aliphatic heterocycles. The maximum atomic E-state index is 13.3. The molecule has 6 aliphatic rings. The molecule has 2 fully saturated rings. The third-order valence-corrected chi connectivity index (χ3v) is 7.42. The van der Waals surface area contributed by atoms with E-state index < -0.39 is 0 Å². The summed E-state index contributed by atoms with van der Waals surface area (Å²) < 4.78 is 22.8. The Morgan fingerprint density at radius 2 is 1.74 bits per heavy atom. The Morgan fingerprint density at radius 3 is 2.51 bits per heavy atom. The number of nitrogens with zero attached hydrogens (tertiary/aromatic N) is 1. The molecule has 2 aromatic rings. The van der Waals surface area contributed by atoms with Gasteiger partial charge in [-0.05, 0) is 54.7 Å². The van der Waals surface area contributed by atoms with E-state index in [1.807, 2.05) is 41.3 Å². The average molecular weight is 538 g/mol. The summed E-state index contributed by atoms with van der Waals surface area (Å²) in [5.41, 5.74) is 1.81. The van der Waals surface area contributed by atoms with Gasteiger partial charge in [0.2, 0.25) is 11.8 Å². The lowest BCUT2D eigenvalue weighted by atomic mass is 9.99. The molecule has 8 rings (SSSR count). The van der Waals surface area contributed by atoms with E-state index in [2.05, 4.69) is 10.6 Å². The van der Waals surface area contributed by atoms with Crippen LogP contribution in [-0.4, -0.2) is 74.8 Å². The molecule has 10 nitrogen and oxygen atoms in total. The zero-order valence-corrected chi connectivity index (χ0v) is 22.1. The molecule has 0 aromatic heterocycles. The quantitative estimate of drug-likeness (QED) is 0.601. The molecule has 0 spiro atoms. The van der Waals surface area contributed by atoms with Gasteiger partial charge in [0, 0.05) is 38.6 Å². The molecule has 208 valence electrons. The van der Waals surface area contributed by atoms with Crippen LogP contribution in [0.2, 0.25) is 0 Å². The summed E-state index contributed by atoms with van der Waals surface area (Å²) in [7, 11) is 1.54. The first-order valence-corrected chi connectivity index (χ1v) is 13.5. The molecule has 2 saturated heterocycles. The summed E-state index contributed by atoms with van der Waals surface area (Å²) in [5, 5.41) is 5.97. The van der Waals surface area contributed by atoms with Crippen molar-refractivity contribution < 1.29 is 33.3 Å². The van der Waals surface area contributed by atoms with Gasteiger partial charge in [-0.15, -0.1) is 0 Å². The maximum Gasteiger partial charge on any atom is 0.258 e. The van der Waals surface area contributed by atoms with E-state index in [4.69, 9.17) is 18.9 Å². The smallest absolute Gasteiger partial charge is 0.258 e. The van der Waals surface area contributed by atoms with Crippen LogP contribution in [0.4, 0.5) is 0 Å². The highest BCUT2D eigenvalue weighted by molar-refractivity contribution is 5.80. The van der Waals surface area contributed by atoms with Crippen LogP contribution >= 0.6 is 0 Å². The zero-order valence-electron chi connectivity index (χ0n) is 22.1. The Morgan fingerprint density at radius 1 is 0.974 bits per heavy atom. The standard InChI is InChI=1S/C29H35N3O7/c1-36-25-14-19-4-8-24(25)38-18-28(34)30-15-20-2-6-22(7-3-20)39-26-17-32(16-23(26)31-27(33)9-5-19)29(35)21-10-12-37-13-11-21/h2-4,6-8,14,21,23,26H,5,9-13,15-18H2,1H3,(H,30,34)(H,31,33)/t23-,26-/m0/s1. The Labute approximate surface area is 227 Å². The molecule has 2 N–H and O–H groups in total. The number of amides is 3. The monoisotopic (exact) mass is 537 g/mol. The third kappa shape index (κ3) is 6.81. The number of carbonyl (C=O) groups excluding carboxylic acids is 3. The topological polar surface area (TPSA) is 115 Å². The summed E-state index contributed by atoms with van der Waals surface area (Å²) in [6.07, 6.45) is 1.79. The van der Waals surface area contributed by atoms with Crippen molar-refractivity contribution in [2.75, 3.05) is 40.0 Å². The van der Waals surface area contributed by atoms with Crippen molar-refractivity contribution in [2.24, 2.45) is 5.92 Å². The highest BCUT2D eigenvalue weighted by atomic mass is 16.5. The first-order chi connectivity index (χ1) is 19.0. The molecule has 2 aromatic carbocycles. The summed E-state index contributed by atoms with van der Waals surface area (Å²) in [5.74, 6) is 1.25. The highest BCUT2D eigenvalue weighted by Gasteiger charge is 2.40. The number of ether oxygens (including phenoxy) is 4. The minimum atomic E-state index is -0.384. The van der Waals surface area contributed by atoms with Crippen LogP contribution in [0.15, 0.2) is 42.5 Å². The second-order valence-corrected chi connectivity index (χ2v) is 10.2. The SMILES string of the molecule is COc1cc2ccc1OCC(=O)NCc1ccc(cc1)O[C@H]1CN(C(=O)C3CCOCC3)C[C@@H]1NC(=O)CC2. The van der Waals surface area contributed by atoms with Gasteiger partial charge in [-0.3, -0.25) is 14.4 Å². The van der Waals surface area contributed by atoms with Gasteiger partial charge in [0.05, 0.1) is 19.7 Å². The minimum Gasteiger partial charge on any atom is -0.493 e. The Hall–Kier alpha value is -3.79. The van der Waals surface area contributed by atoms with Gasteiger partial charge in [0.25, 0.3) is 5.91 Å². The molecule has 0 unspecified atom stereocenters. The molecule has 6 heterocycles. The number of rotatable bonds is 2. The second-order valence-electron chi connectivity index (χ2n) is 10.2. The molecule has 2 atom stereocenters. The van der Waals surface area contributed by atoms with E-state index in [1.54, 1.807) is 6.07 Å². The largest absolute Gasteiger partial charge is 0.493 e. The molecule has 39 heavy (non-hydrogen) atoms. The number of carbonyl (C=O) groups is 3. The molecular weight excluding hydrogens is 502 g/mol. The summed E-state index contributed by atoms with van der Waals surface area (Å²) in [4.78, 5) is 40.4. The van der Waals surface area contributed by atoms with Crippen LogP contribution < -0.4 is 24.8 Å². The van der Waals surface area contributed by atoms with Crippen LogP contribution in [-0.2, 0) is 32.1 Å². The van der Waals surface area contributed by atoms with Crippen molar-refractivity contribution in [2.45, 2.75) is 44.4 Å². The van der Waals surface area contributed by atoms with E-state index in [-0.39, 0.29) is 48.8 Å². The van der Waals surface area contributed by atoms with Gasteiger partial charge in [-0.25, -0.2) is 0 Å². The van der Waals surface area contributed by atoms with Crippen molar-refractivity contribution in [3.8, 4) is 17.2 Å². The molecule has 10 heteroatoms. The molecule has 3 amide bonds. The van der Waals surface area contributed by atoms with E-state index >= 15 is 0 Å². The van der Waals surface area contributed by atoms with Gasteiger partial charge in [-0.2, -0.15) is 0 Å². The fourth-order valence-electron chi connectivity index (χ4n) is 5.19.